The van der Waals surface area contributed by atoms with Gasteiger partial charge in [0.2, 0.25) is 0 Å². The molecule has 8 nitrogen and oxygen atoms in total. The molecule has 1 saturated heterocycles. The first-order valence-corrected chi connectivity index (χ1v) is 7.89. The van der Waals surface area contributed by atoms with Gasteiger partial charge in [0.15, 0.2) is 11.3 Å². The zero-order chi connectivity index (χ0) is 16.5. The van der Waals surface area contributed by atoms with Crippen LogP contribution in [0.2, 0.25) is 0 Å². The standard InChI is InChI=1S/C16H17N5O3/c22-15(12-5-7-21(20-12)11-2-1-6-17-9-11)18-10-3-4-14-13(8-10)19-16(23)24-14/h3-5,7-8,11,17H,1-2,6,9H2,(H,18,22)(H,19,23). The van der Waals surface area contributed by atoms with E-state index in [1.807, 2.05) is 10.9 Å². The molecule has 3 heterocycles. The second-order valence-corrected chi connectivity index (χ2v) is 5.86. The Morgan fingerprint density at radius 3 is 3.12 bits per heavy atom. The van der Waals surface area contributed by atoms with E-state index in [0.29, 0.717) is 22.5 Å². The largest absolute Gasteiger partial charge is 0.417 e. The first-order chi connectivity index (χ1) is 11.7. The van der Waals surface area contributed by atoms with E-state index in [1.54, 1.807) is 24.3 Å². The number of benzene rings is 1. The number of H-pyrrole nitrogens is 1. The number of piperidine rings is 1. The second-order valence-electron chi connectivity index (χ2n) is 5.86. The van der Waals surface area contributed by atoms with Crippen molar-refractivity contribution in [2.24, 2.45) is 0 Å². The van der Waals surface area contributed by atoms with Crippen molar-refractivity contribution >= 4 is 22.7 Å². The van der Waals surface area contributed by atoms with Crippen LogP contribution in [0.15, 0.2) is 39.7 Å². The fourth-order valence-corrected chi connectivity index (χ4v) is 2.95. The molecule has 24 heavy (non-hydrogen) atoms. The van der Waals surface area contributed by atoms with Gasteiger partial charge in [-0.15, -0.1) is 0 Å². The number of oxazole rings is 1. The average Bonchev–Trinajstić information content (AvgIpc) is 3.21. The van der Waals surface area contributed by atoms with E-state index in [9.17, 15) is 9.59 Å². The number of aromatic nitrogens is 3. The molecule has 4 rings (SSSR count). The quantitative estimate of drug-likeness (QED) is 0.676. The van der Waals surface area contributed by atoms with Gasteiger partial charge in [-0.05, 0) is 43.7 Å². The fourth-order valence-electron chi connectivity index (χ4n) is 2.95. The lowest BCUT2D eigenvalue weighted by atomic mass is 10.1. The third kappa shape index (κ3) is 2.83. The number of hydrogen-bond acceptors (Lipinski definition) is 5. The molecule has 1 atom stereocenters. The van der Waals surface area contributed by atoms with E-state index in [1.165, 1.54) is 0 Å². The summed E-state index contributed by atoms with van der Waals surface area (Å²) < 4.78 is 6.78. The molecule has 2 aromatic heterocycles. The summed E-state index contributed by atoms with van der Waals surface area (Å²) >= 11 is 0. The summed E-state index contributed by atoms with van der Waals surface area (Å²) in [4.78, 5) is 26.1. The van der Waals surface area contributed by atoms with E-state index in [-0.39, 0.29) is 11.9 Å². The molecule has 0 spiro atoms. The number of anilines is 1. The maximum atomic E-state index is 12.4. The van der Waals surface area contributed by atoms with Crippen LogP contribution in [-0.2, 0) is 0 Å². The molecule has 1 aliphatic rings. The van der Waals surface area contributed by atoms with E-state index in [2.05, 4.69) is 20.7 Å². The summed E-state index contributed by atoms with van der Waals surface area (Å²) in [5, 5.41) is 10.5. The fraction of sp³-hybridized carbons (Fsp3) is 0.312. The zero-order valence-corrected chi connectivity index (χ0v) is 12.9. The van der Waals surface area contributed by atoms with Gasteiger partial charge in [0, 0.05) is 18.4 Å². The highest BCUT2D eigenvalue weighted by Crippen LogP contribution is 2.18. The Balaban J connectivity index is 1.50. The van der Waals surface area contributed by atoms with Gasteiger partial charge < -0.3 is 15.1 Å². The molecule has 1 unspecified atom stereocenters. The Bertz CT molecular complexity index is 932. The Labute approximate surface area is 136 Å². The monoisotopic (exact) mass is 327 g/mol. The van der Waals surface area contributed by atoms with Gasteiger partial charge in [-0.1, -0.05) is 0 Å². The Kier molecular flexibility index (Phi) is 3.66. The van der Waals surface area contributed by atoms with Crippen LogP contribution in [0.3, 0.4) is 0 Å². The molecule has 8 heteroatoms. The Morgan fingerprint density at radius 1 is 1.38 bits per heavy atom. The van der Waals surface area contributed by atoms with Crippen molar-refractivity contribution in [3.63, 3.8) is 0 Å². The van der Waals surface area contributed by atoms with Crippen LogP contribution in [0.4, 0.5) is 5.69 Å². The molecule has 0 radical (unpaired) electrons. The van der Waals surface area contributed by atoms with Crippen LogP contribution in [-0.4, -0.2) is 33.8 Å². The minimum atomic E-state index is -0.520. The maximum Gasteiger partial charge on any atom is 0.417 e. The molecule has 1 fully saturated rings. The van der Waals surface area contributed by atoms with Gasteiger partial charge in [-0.25, -0.2) is 4.79 Å². The Hall–Kier alpha value is -2.87. The van der Waals surface area contributed by atoms with E-state index in [0.717, 1.165) is 25.9 Å². The van der Waals surface area contributed by atoms with Gasteiger partial charge in [0.1, 0.15) is 0 Å². The molecule has 0 saturated carbocycles. The van der Waals surface area contributed by atoms with Crippen LogP contribution in [0, 0.1) is 0 Å². The van der Waals surface area contributed by atoms with Crippen LogP contribution in [0.1, 0.15) is 29.4 Å². The number of hydrogen-bond donors (Lipinski definition) is 3. The predicted octanol–water partition coefficient (Wildman–Crippen LogP) is 1.49. The smallest absolute Gasteiger partial charge is 0.408 e. The lowest BCUT2D eigenvalue weighted by molar-refractivity contribution is 0.102. The van der Waals surface area contributed by atoms with Gasteiger partial charge in [0.05, 0.1) is 11.6 Å². The molecular weight excluding hydrogens is 310 g/mol. The molecule has 124 valence electrons. The van der Waals surface area contributed by atoms with Crippen molar-refractivity contribution in [1.29, 1.82) is 0 Å². The summed E-state index contributed by atoms with van der Waals surface area (Å²) in [5.41, 5.74) is 1.92. The molecule has 3 aromatic rings. The lowest BCUT2D eigenvalue weighted by Crippen LogP contribution is -2.32. The molecule has 1 aliphatic heterocycles. The number of carbonyl (C=O) groups excluding carboxylic acids is 1. The summed E-state index contributed by atoms with van der Waals surface area (Å²) in [6, 6.07) is 6.96. The lowest BCUT2D eigenvalue weighted by Gasteiger charge is -2.22. The van der Waals surface area contributed by atoms with Gasteiger partial charge >= 0.3 is 5.76 Å². The molecule has 0 aliphatic carbocycles. The second kappa shape index (κ2) is 5.97. The normalized spacial score (nSPS) is 17.9. The van der Waals surface area contributed by atoms with E-state index in [4.69, 9.17) is 4.42 Å². The van der Waals surface area contributed by atoms with Crippen molar-refractivity contribution in [3.8, 4) is 0 Å². The van der Waals surface area contributed by atoms with Crippen molar-refractivity contribution in [2.75, 3.05) is 18.4 Å². The topological polar surface area (TPSA) is 105 Å². The summed E-state index contributed by atoms with van der Waals surface area (Å²) in [6.07, 6.45) is 4.00. The highest BCUT2D eigenvalue weighted by molar-refractivity contribution is 6.03. The van der Waals surface area contributed by atoms with Crippen molar-refractivity contribution in [1.82, 2.24) is 20.1 Å². The number of amides is 1. The first kappa shape index (κ1) is 14.7. The number of carbonyl (C=O) groups is 1. The zero-order valence-electron chi connectivity index (χ0n) is 12.9. The SMILES string of the molecule is O=C(Nc1ccc2oc(=O)[nH]c2c1)c1ccn(C2CCCNC2)n1. The molecule has 1 amide bonds. The Morgan fingerprint density at radius 2 is 2.29 bits per heavy atom. The van der Waals surface area contributed by atoms with Gasteiger partial charge in [-0.3, -0.25) is 14.5 Å². The number of nitrogens with zero attached hydrogens (tertiary/aromatic N) is 2. The summed E-state index contributed by atoms with van der Waals surface area (Å²) in [7, 11) is 0. The molecular formula is C16H17N5O3. The highest BCUT2D eigenvalue weighted by atomic mass is 16.4. The minimum Gasteiger partial charge on any atom is -0.408 e. The number of rotatable bonds is 3. The summed E-state index contributed by atoms with van der Waals surface area (Å²) in [6.45, 7) is 1.90. The number of nitrogens with one attached hydrogen (secondary N) is 3. The van der Waals surface area contributed by atoms with Crippen molar-refractivity contribution < 1.29 is 9.21 Å². The van der Waals surface area contributed by atoms with Gasteiger partial charge in [-0.2, -0.15) is 5.10 Å². The first-order valence-electron chi connectivity index (χ1n) is 7.89. The van der Waals surface area contributed by atoms with E-state index < -0.39 is 5.76 Å². The third-order valence-electron chi connectivity index (χ3n) is 4.16. The number of fused-ring (bicyclic) bond motifs is 1. The highest BCUT2D eigenvalue weighted by Gasteiger charge is 2.18. The average molecular weight is 327 g/mol. The number of aromatic amines is 1. The molecule has 1 aromatic carbocycles. The van der Waals surface area contributed by atoms with Gasteiger partial charge in [0.25, 0.3) is 5.91 Å². The van der Waals surface area contributed by atoms with Crippen LogP contribution in [0.5, 0.6) is 0 Å². The molecule has 0 bridgehead atoms. The van der Waals surface area contributed by atoms with Crippen LogP contribution < -0.4 is 16.4 Å². The van der Waals surface area contributed by atoms with E-state index >= 15 is 0 Å². The maximum absolute atomic E-state index is 12.4. The summed E-state index contributed by atoms with van der Waals surface area (Å²) in [5.74, 6) is -0.809. The third-order valence-corrected chi connectivity index (χ3v) is 4.16. The molecule has 3 N–H and O–H groups in total. The van der Waals surface area contributed by atoms with Crippen molar-refractivity contribution in [3.05, 3.63) is 46.7 Å². The van der Waals surface area contributed by atoms with Crippen LogP contribution in [0.25, 0.3) is 11.1 Å². The van der Waals surface area contributed by atoms with Crippen LogP contribution >= 0.6 is 0 Å². The minimum absolute atomic E-state index is 0.285. The van der Waals surface area contributed by atoms with Crippen molar-refractivity contribution in [2.45, 2.75) is 18.9 Å². The predicted molar refractivity (Wildman–Crippen MR) is 88.2 cm³/mol.